The van der Waals surface area contributed by atoms with Crippen molar-refractivity contribution in [1.82, 2.24) is 9.88 Å². The van der Waals surface area contributed by atoms with Crippen molar-refractivity contribution in [3.8, 4) is 0 Å². The van der Waals surface area contributed by atoms with Crippen molar-refractivity contribution in [2.24, 2.45) is 0 Å². The maximum Gasteiger partial charge on any atom is 0.0724 e. The van der Waals surface area contributed by atoms with E-state index in [0.717, 1.165) is 41.1 Å². The Morgan fingerprint density at radius 1 is 1.39 bits per heavy atom. The number of aromatic nitrogens is 1. The summed E-state index contributed by atoms with van der Waals surface area (Å²) in [6.45, 7) is 1.98. The molecule has 0 bridgehead atoms. The highest BCUT2D eigenvalue weighted by molar-refractivity contribution is 6.31. The van der Waals surface area contributed by atoms with Crippen LogP contribution in [0.15, 0.2) is 24.4 Å². The molecule has 0 fully saturated rings. The second-order valence-corrected chi connectivity index (χ2v) is 4.96. The van der Waals surface area contributed by atoms with E-state index in [1.807, 2.05) is 18.2 Å². The molecule has 1 N–H and O–H groups in total. The van der Waals surface area contributed by atoms with Crippen molar-refractivity contribution < 1.29 is 0 Å². The van der Waals surface area contributed by atoms with Gasteiger partial charge >= 0.3 is 0 Å². The molecule has 1 aromatic carbocycles. The Balaban J connectivity index is 2.10. The lowest BCUT2D eigenvalue weighted by Gasteiger charge is -2.11. The highest BCUT2D eigenvalue weighted by atomic mass is 35.5. The van der Waals surface area contributed by atoms with Crippen molar-refractivity contribution in [3.63, 3.8) is 0 Å². The number of anilines is 1. The Labute approximate surface area is 113 Å². The van der Waals surface area contributed by atoms with Gasteiger partial charge in [0.15, 0.2) is 0 Å². The summed E-state index contributed by atoms with van der Waals surface area (Å²) in [5.41, 5.74) is 1.91. The van der Waals surface area contributed by atoms with Crippen molar-refractivity contribution >= 4 is 28.2 Å². The van der Waals surface area contributed by atoms with Crippen LogP contribution in [-0.2, 0) is 0 Å². The Bertz CT molecular complexity index is 525. The summed E-state index contributed by atoms with van der Waals surface area (Å²) in [5.74, 6) is 0. The molecule has 18 heavy (non-hydrogen) atoms. The Hall–Kier alpha value is -1.32. The van der Waals surface area contributed by atoms with Gasteiger partial charge in [-0.25, -0.2) is 0 Å². The standard InChI is InChI=1S/C14H17ClN3/c1-18(2)9-3-7-16-14-6-8-17-13-5-4-11(15)10-12(13)14/h4-5,8,10H,3,7,9H2,1-2H3,(H,16,17). The second kappa shape index (κ2) is 6.03. The molecular formula is C14H17ClN3. The number of nitrogens with one attached hydrogen (secondary N) is 1. The predicted octanol–water partition coefficient (Wildman–Crippen LogP) is 3.05. The minimum absolute atomic E-state index is 0.722. The molecule has 4 heteroatoms. The third-order valence-electron chi connectivity index (χ3n) is 2.72. The van der Waals surface area contributed by atoms with Gasteiger partial charge in [0.2, 0.25) is 0 Å². The minimum Gasteiger partial charge on any atom is -0.384 e. The molecule has 3 nitrogen and oxygen atoms in total. The maximum atomic E-state index is 6.02. The summed E-state index contributed by atoms with van der Waals surface area (Å²) in [6.07, 6.45) is 2.79. The van der Waals surface area contributed by atoms with Gasteiger partial charge in [0.1, 0.15) is 0 Å². The SMILES string of the molecule is CN(C)CCCNc1[c]cnc2ccc(Cl)cc12. The number of benzene rings is 1. The molecule has 2 aromatic rings. The minimum atomic E-state index is 0.722. The van der Waals surface area contributed by atoms with Crippen LogP contribution in [0.3, 0.4) is 0 Å². The van der Waals surface area contributed by atoms with E-state index >= 15 is 0 Å². The first kappa shape index (κ1) is 13.1. The highest BCUT2D eigenvalue weighted by Gasteiger charge is 2.02. The molecule has 0 saturated carbocycles. The third kappa shape index (κ3) is 3.34. The van der Waals surface area contributed by atoms with E-state index in [2.05, 4.69) is 35.4 Å². The number of fused-ring (bicyclic) bond motifs is 1. The first-order valence-electron chi connectivity index (χ1n) is 6.01. The summed E-state index contributed by atoms with van der Waals surface area (Å²) >= 11 is 6.02. The van der Waals surface area contributed by atoms with Crippen molar-refractivity contribution in [3.05, 3.63) is 35.5 Å². The number of halogens is 1. The van der Waals surface area contributed by atoms with Crippen LogP contribution in [0.5, 0.6) is 0 Å². The van der Waals surface area contributed by atoms with Gasteiger partial charge in [0.25, 0.3) is 0 Å². The Kier molecular flexibility index (Phi) is 4.39. The topological polar surface area (TPSA) is 28.2 Å². The molecule has 0 spiro atoms. The van der Waals surface area contributed by atoms with Crippen LogP contribution in [0.4, 0.5) is 5.69 Å². The number of rotatable bonds is 5. The fourth-order valence-corrected chi connectivity index (χ4v) is 1.99. The lowest BCUT2D eigenvalue weighted by atomic mass is 10.2. The third-order valence-corrected chi connectivity index (χ3v) is 2.96. The zero-order valence-corrected chi connectivity index (χ0v) is 11.5. The van der Waals surface area contributed by atoms with Gasteiger partial charge in [-0.2, -0.15) is 0 Å². The van der Waals surface area contributed by atoms with E-state index in [4.69, 9.17) is 11.6 Å². The van der Waals surface area contributed by atoms with Gasteiger partial charge in [-0.1, -0.05) is 11.6 Å². The van der Waals surface area contributed by atoms with Crippen LogP contribution >= 0.6 is 11.6 Å². The smallest absolute Gasteiger partial charge is 0.0724 e. The molecule has 0 aliphatic rings. The van der Waals surface area contributed by atoms with Crippen molar-refractivity contribution in [2.75, 3.05) is 32.5 Å². The normalized spacial score (nSPS) is 11.1. The summed E-state index contributed by atoms with van der Waals surface area (Å²) in [4.78, 5) is 6.45. The van der Waals surface area contributed by atoms with Crippen molar-refractivity contribution in [2.45, 2.75) is 6.42 Å². The van der Waals surface area contributed by atoms with Crippen molar-refractivity contribution in [1.29, 1.82) is 0 Å². The van der Waals surface area contributed by atoms with E-state index in [1.54, 1.807) is 6.20 Å². The molecule has 1 heterocycles. The molecule has 1 radical (unpaired) electrons. The number of pyridine rings is 1. The average Bonchev–Trinajstić information content (AvgIpc) is 2.34. The first-order chi connectivity index (χ1) is 8.66. The van der Waals surface area contributed by atoms with Gasteiger partial charge in [-0.15, -0.1) is 0 Å². The molecule has 0 atom stereocenters. The molecule has 0 aliphatic heterocycles. The fourth-order valence-electron chi connectivity index (χ4n) is 1.82. The van der Waals surface area contributed by atoms with Crippen LogP contribution in [-0.4, -0.2) is 37.1 Å². The second-order valence-electron chi connectivity index (χ2n) is 4.52. The number of nitrogens with zero attached hydrogens (tertiary/aromatic N) is 2. The monoisotopic (exact) mass is 262 g/mol. The van der Waals surface area contributed by atoms with Crippen LogP contribution in [0.25, 0.3) is 10.9 Å². The molecule has 0 aliphatic carbocycles. The zero-order valence-electron chi connectivity index (χ0n) is 10.7. The zero-order chi connectivity index (χ0) is 13.0. The maximum absolute atomic E-state index is 6.02. The van der Waals surface area contributed by atoms with Crippen LogP contribution in [0.2, 0.25) is 5.02 Å². The van der Waals surface area contributed by atoms with Gasteiger partial charge < -0.3 is 10.2 Å². The van der Waals surface area contributed by atoms with E-state index in [0.29, 0.717) is 0 Å². The van der Waals surface area contributed by atoms with Gasteiger partial charge in [-0.3, -0.25) is 4.98 Å². The number of hydrogen-bond acceptors (Lipinski definition) is 3. The van der Waals surface area contributed by atoms with E-state index in [-0.39, 0.29) is 0 Å². The Morgan fingerprint density at radius 2 is 2.22 bits per heavy atom. The highest BCUT2D eigenvalue weighted by Crippen LogP contribution is 2.24. The quantitative estimate of drug-likeness (QED) is 0.840. The largest absolute Gasteiger partial charge is 0.384 e. The van der Waals surface area contributed by atoms with Crippen LogP contribution in [0.1, 0.15) is 6.42 Å². The molecular weight excluding hydrogens is 246 g/mol. The molecule has 95 valence electrons. The molecule has 0 amide bonds. The van der Waals surface area contributed by atoms with Crippen LogP contribution in [0, 0.1) is 6.07 Å². The van der Waals surface area contributed by atoms with E-state index in [9.17, 15) is 0 Å². The lowest BCUT2D eigenvalue weighted by Crippen LogP contribution is -2.16. The summed E-state index contributed by atoms with van der Waals surface area (Å²) < 4.78 is 0. The number of hydrogen-bond donors (Lipinski definition) is 1. The fraction of sp³-hybridized carbons (Fsp3) is 0.357. The predicted molar refractivity (Wildman–Crippen MR) is 77.2 cm³/mol. The molecule has 0 saturated heterocycles. The van der Waals surface area contributed by atoms with Gasteiger partial charge in [-0.05, 0) is 45.3 Å². The van der Waals surface area contributed by atoms with Gasteiger partial charge in [0.05, 0.1) is 11.2 Å². The Morgan fingerprint density at radius 3 is 3.00 bits per heavy atom. The summed E-state index contributed by atoms with van der Waals surface area (Å²) in [6, 6.07) is 8.84. The molecule has 2 rings (SSSR count). The summed E-state index contributed by atoms with van der Waals surface area (Å²) in [5, 5.41) is 5.13. The average molecular weight is 263 g/mol. The van der Waals surface area contributed by atoms with Gasteiger partial charge in [0, 0.05) is 29.2 Å². The van der Waals surface area contributed by atoms with Crippen LogP contribution < -0.4 is 5.32 Å². The molecule has 1 aromatic heterocycles. The van der Waals surface area contributed by atoms with E-state index < -0.39 is 0 Å². The summed E-state index contributed by atoms with van der Waals surface area (Å²) in [7, 11) is 4.15. The first-order valence-corrected chi connectivity index (χ1v) is 6.39. The lowest BCUT2D eigenvalue weighted by molar-refractivity contribution is 0.405. The molecule has 0 unspecified atom stereocenters. The van der Waals surface area contributed by atoms with E-state index in [1.165, 1.54) is 0 Å².